The molecule has 0 spiro atoms. The summed E-state index contributed by atoms with van der Waals surface area (Å²) < 4.78 is 0. The Morgan fingerprint density at radius 3 is 2.07 bits per heavy atom. The highest BCUT2D eigenvalue weighted by molar-refractivity contribution is 6.07. The van der Waals surface area contributed by atoms with Crippen LogP contribution < -0.4 is 16.0 Å². The highest BCUT2D eigenvalue weighted by Crippen LogP contribution is 2.22. The summed E-state index contributed by atoms with van der Waals surface area (Å²) >= 11 is 0. The van der Waals surface area contributed by atoms with E-state index >= 15 is 0 Å². The number of carbonyl (C=O) groups is 3. The summed E-state index contributed by atoms with van der Waals surface area (Å²) in [4.78, 5) is 39.6. The Labute approximate surface area is 155 Å². The average Bonchev–Trinajstić information content (AvgIpc) is 2.60. The molecule has 0 atom stereocenters. The molecule has 0 radical (unpaired) electrons. The fraction of sp³-hybridized carbons (Fsp3) is 0.100. The zero-order valence-corrected chi connectivity index (χ0v) is 14.9. The summed E-state index contributed by atoms with van der Waals surface area (Å²) in [6.45, 7) is 2.74. The van der Waals surface area contributed by atoms with E-state index in [1.165, 1.54) is 13.8 Å². The van der Waals surface area contributed by atoms with E-state index in [1.54, 1.807) is 30.5 Å². The maximum absolute atomic E-state index is 12.7. The molecule has 0 aliphatic carbocycles. The van der Waals surface area contributed by atoms with E-state index in [0.29, 0.717) is 22.6 Å². The number of nitrogens with one attached hydrogen (secondary N) is 3. The Balaban J connectivity index is 1.89. The van der Waals surface area contributed by atoms with Crippen molar-refractivity contribution >= 4 is 45.7 Å². The van der Waals surface area contributed by atoms with Crippen LogP contribution >= 0.6 is 0 Å². The number of hydrogen-bond donors (Lipinski definition) is 3. The summed E-state index contributed by atoms with van der Waals surface area (Å²) in [5, 5.41) is 8.97. The second kappa shape index (κ2) is 7.65. The highest BCUT2D eigenvalue weighted by atomic mass is 16.2. The third-order valence-electron chi connectivity index (χ3n) is 3.70. The lowest BCUT2D eigenvalue weighted by atomic mass is 10.1. The van der Waals surface area contributed by atoms with Gasteiger partial charge in [-0.15, -0.1) is 0 Å². The third-order valence-corrected chi connectivity index (χ3v) is 3.70. The van der Waals surface area contributed by atoms with E-state index in [9.17, 15) is 14.4 Å². The SMILES string of the molecule is CC(=O)Nc1cc(NC(C)=O)cc(C(=O)Nc2ccc3ncccc3c2)c1. The molecule has 0 saturated carbocycles. The van der Waals surface area contributed by atoms with Gasteiger partial charge < -0.3 is 16.0 Å². The first-order valence-electron chi connectivity index (χ1n) is 8.27. The Kier molecular flexibility index (Phi) is 5.12. The lowest BCUT2D eigenvalue weighted by molar-refractivity contribution is -0.115. The number of anilines is 3. The van der Waals surface area contributed by atoms with Gasteiger partial charge in [0, 0.05) is 48.1 Å². The molecule has 27 heavy (non-hydrogen) atoms. The number of rotatable bonds is 4. The molecule has 0 aliphatic rings. The number of pyridine rings is 1. The fourth-order valence-corrected chi connectivity index (χ4v) is 2.67. The molecule has 0 bridgehead atoms. The van der Waals surface area contributed by atoms with Crippen LogP contribution in [0.4, 0.5) is 17.1 Å². The molecule has 1 aromatic heterocycles. The minimum atomic E-state index is -0.364. The fourth-order valence-electron chi connectivity index (χ4n) is 2.67. The van der Waals surface area contributed by atoms with Gasteiger partial charge >= 0.3 is 0 Å². The van der Waals surface area contributed by atoms with Crippen LogP contribution in [-0.2, 0) is 9.59 Å². The van der Waals surface area contributed by atoms with Gasteiger partial charge in [-0.1, -0.05) is 6.07 Å². The molecule has 0 aliphatic heterocycles. The molecule has 3 N–H and O–H groups in total. The third kappa shape index (κ3) is 4.66. The maximum atomic E-state index is 12.7. The van der Waals surface area contributed by atoms with Crippen LogP contribution in [0, 0.1) is 0 Å². The van der Waals surface area contributed by atoms with Crippen LogP contribution in [0.3, 0.4) is 0 Å². The molecular weight excluding hydrogens is 344 g/mol. The first-order chi connectivity index (χ1) is 12.9. The summed E-state index contributed by atoms with van der Waals surface area (Å²) in [5.41, 5.74) is 2.59. The second-order valence-corrected chi connectivity index (χ2v) is 6.03. The van der Waals surface area contributed by atoms with Gasteiger partial charge in [-0.3, -0.25) is 19.4 Å². The molecule has 1 heterocycles. The molecule has 0 fully saturated rings. The minimum absolute atomic E-state index is 0.275. The van der Waals surface area contributed by atoms with E-state index in [-0.39, 0.29) is 17.7 Å². The van der Waals surface area contributed by atoms with E-state index in [1.807, 2.05) is 24.3 Å². The standard InChI is InChI=1S/C20H18N4O3/c1-12(25)22-17-9-15(10-18(11-17)23-13(2)26)20(27)24-16-5-6-19-14(8-16)4-3-7-21-19/h3-11H,1-2H3,(H,22,25)(H,23,26)(H,24,27). The van der Waals surface area contributed by atoms with Crippen molar-refractivity contribution in [2.24, 2.45) is 0 Å². The molecule has 7 heteroatoms. The van der Waals surface area contributed by atoms with Crippen molar-refractivity contribution in [3.8, 4) is 0 Å². The van der Waals surface area contributed by atoms with Gasteiger partial charge in [0.05, 0.1) is 5.52 Å². The van der Waals surface area contributed by atoms with Crippen molar-refractivity contribution in [1.82, 2.24) is 4.98 Å². The van der Waals surface area contributed by atoms with Gasteiger partial charge in [0.1, 0.15) is 0 Å². The summed E-state index contributed by atoms with van der Waals surface area (Å²) in [7, 11) is 0. The quantitative estimate of drug-likeness (QED) is 0.662. The predicted molar refractivity (Wildman–Crippen MR) is 105 cm³/mol. The van der Waals surface area contributed by atoms with Gasteiger partial charge in [0.15, 0.2) is 0 Å². The molecule has 7 nitrogen and oxygen atoms in total. The van der Waals surface area contributed by atoms with Crippen molar-refractivity contribution in [1.29, 1.82) is 0 Å². The molecule has 3 amide bonds. The topological polar surface area (TPSA) is 100 Å². The Bertz CT molecular complexity index is 1010. The highest BCUT2D eigenvalue weighted by Gasteiger charge is 2.11. The normalized spacial score (nSPS) is 10.3. The van der Waals surface area contributed by atoms with Crippen LogP contribution in [0.1, 0.15) is 24.2 Å². The van der Waals surface area contributed by atoms with Crippen molar-refractivity contribution in [3.05, 3.63) is 60.3 Å². The van der Waals surface area contributed by atoms with E-state index in [0.717, 1.165) is 10.9 Å². The Morgan fingerprint density at radius 1 is 0.778 bits per heavy atom. The van der Waals surface area contributed by atoms with Crippen molar-refractivity contribution in [2.75, 3.05) is 16.0 Å². The Morgan fingerprint density at radius 2 is 1.44 bits per heavy atom. The maximum Gasteiger partial charge on any atom is 0.255 e. The number of hydrogen-bond acceptors (Lipinski definition) is 4. The van der Waals surface area contributed by atoms with Crippen LogP contribution in [0.15, 0.2) is 54.7 Å². The number of carbonyl (C=O) groups excluding carboxylic acids is 3. The number of benzene rings is 2. The van der Waals surface area contributed by atoms with Gasteiger partial charge in [0.25, 0.3) is 5.91 Å². The molecule has 136 valence electrons. The summed E-state index contributed by atoms with van der Waals surface area (Å²) in [5.74, 6) is -0.913. The first-order valence-corrected chi connectivity index (χ1v) is 8.27. The van der Waals surface area contributed by atoms with E-state index in [2.05, 4.69) is 20.9 Å². The zero-order chi connectivity index (χ0) is 19.4. The molecule has 0 unspecified atom stereocenters. The van der Waals surface area contributed by atoms with Gasteiger partial charge in [-0.25, -0.2) is 0 Å². The molecule has 3 aromatic rings. The van der Waals surface area contributed by atoms with Gasteiger partial charge in [-0.2, -0.15) is 0 Å². The summed E-state index contributed by atoms with van der Waals surface area (Å²) in [6, 6.07) is 13.8. The minimum Gasteiger partial charge on any atom is -0.326 e. The van der Waals surface area contributed by atoms with Gasteiger partial charge in [-0.05, 0) is 42.5 Å². The van der Waals surface area contributed by atoms with E-state index in [4.69, 9.17) is 0 Å². The smallest absolute Gasteiger partial charge is 0.255 e. The largest absolute Gasteiger partial charge is 0.326 e. The zero-order valence-electron chi connectivity index (χ0n) is 14.9. The van der Waals surface area contributed by atoms with Gasteiger partial charge in [0.2, 0.25) is 11.8 Å². The summed E-state index contributed by atoms with van der Waals surface area (Å²) in [6.07, 6.45) is 1.71. The molecule has 2 aromatic carbocycles. The lowest BCUT2D eigenvalue weighted by Gasteiger charge is -2.11. The number of aromatic nitrogens is 1. The van der Waals surface area contributed by atoms with Crippen LogP contribution in [0.5, 0.6) is 0 Å². The lowest BCUT2D eigenvalue weighted by Crippen LogP contribution is -2.15. The monoisotopic (exact) mass is 362 g/mol. The van der Waals surface area contributed by atoms with Crippen molar-refractivity contribution in [3.63, 3.8) is 0 Å². The second-order valence-electron chi connectivity index (χ2n) is 6.03. The van der Waals surface area contributed by atoms with Crippen molar-refractivity contribution < 1.29 is 14.4 Å². The predicted octanol–water partition coefficient (Wildman–Crippen LogP) is 3.40. The van der Waals surface area contributed by atoms with Crippen LogP contribution in [0.25, 0.3) is 10.9 Å². The van der Waals surface area contributed by atoms with Crippen molar-refractivity contribution in [2.45, 2.75) is 13.8 Å². The number of nitrogens with zero attached hydrogens (tertiary/aromatic N) is 1. The number of amides is 3. The molecular formula is C20H18N4O3. The number of fused-ring (bicyclic) bond motifs is 1. The van der Waals surface area contributed by atoms with Crippen LogP contribution in [0.2, 0.25) is 0 Å². The van der Waals surface area contributed by atoms with E-state index < -0.39 is 0 Å². The molecule has 3 rings (SSSR count). The first kappa shape index (κ1) is 18.1. The van der Waals surface area contributed by atoms with Crippen LogP contribution in [-0.4, -0.2) is 22.7 Å². The Hall–Kier alpha value is -3.74. The average molecular weight is 362 g/mol. The molecule has 0 saturated heterocycles.